The molecule has 1 rings (SSSR count). The summed E-state index contributed by atoms with van der Waals surface area (Å²) in [7, 11) is 1.61. The van der Waals surface area contributed by atoms with Gasteiger partial charge in [-0.15, -0.1) is 0 Å². The summed E-state index contributed by atoms with van der Waals surface area (Å²) in [6, 6.07) is 8.92. The Hall–Kier alpha value is -1.42. The van der Waals surface area contributed by atoms with Crippen LogP contribution in [-0.4, -0.2) is 23.0 Å². The molecule has 1 aromatic carbocycles. The van der Waals surface area contributed by atoms with E-state index in [-0.39, 0.29) is 0 Å². The molecule has 0 atom stereocenters. The third-order valence-corrected chi connectivity index (χ3v) is 2.46. The molecule has 0 saturated heterocycles. The number of carbonyl (C=O) groups excluding carboxylic acids is 1. The van der Waals surface area contributed by atoms with Crippen LogP contribution in [0.5, 0.6) is 5.75 Å². The highest BCUT2D eigenvalue weighted by Crippen LogP contribution is 2.10. The Labute approximate surface area is 94.6 Å². The van der Waals surface area contributed by atoms with Crippen molar-refractivity contribution in [1.82, 2.24) is 4.90 Å². The van der Waals surface area contributed by atoms with Crippen molar-refractivity contribution in [3.8, 4) is 5.75 Å². The van der Waals surface area contributed by atoms with Crippen molar-refractivity contribution in [2.45, 2.75) is 13.3 Å². The van der Waals surface area contributed by atoms with Gasteiger partial charge in [-0.1, -0.05) is 37.3 Å². The predicted octanol–water partition coefficient (Wildman–Crippen LogP) is 2.85. The van der Waals surface area contributed by atoms with E-state index in [9.17, 15) is 4.79 Å². The monoisotopic (exact) mass is 223 g/mol. The van der Waals surface area contributed by atoms with E-state index >= 15 is 0 Å². The summed E-state index contributed by atoms with van der Waals surface area (Å²) in [4.78, 5) is 13.4. The maximum absolute atomic E-state index is 11.5. The maximum atomic E-state index is 11.5. The Morgan fingerprint density at radius 2 is 2.00 bits per heavy atom. The van der Waals surface area contributed by atoms with E-state index in [0.717, 1.165) is 0 Å². The van der Waals surface area contributed by atoms with Crippen molar-refractivity contribution in [2.75, 3.05) is 7.05 Å². The van der Waals surface area contributed by atoms with Crippen LogP contribution in [-0.2, 0) is 0 Å². The number of amides is 1. The molecule has 0 aliphatic heterocycles. The molecular weight excluding hydrogens is 210 g/mol. The smallest absolute Gasteiger partial charge is 0.410 e. The molecule has 1 aromatic rings. The normalized spacial score (nSPS) is 9.47. The zero-order valence-electron chi connectivity index (χ0n) is 8.77. The minimum atomic E-state index is -0.451. The van der Waals surface area contributed by atoms with Crippen molar-refractivity contribution in [1.29, 1.82) is 0 Å². The van der Waals surface area contributed by atoms with Crippen LogP contribution in [0.25, 0.3) is 0 Å². The Morgan fingerprint density at radius 1 is 1.40 bits per heavy atom. The van der Waals surface area contributed by atoms with E-state index in [1.807, 2.05) is 13.0 Å². The molecule has 4 heteroatoms. The van der Waals surface area contributed by atoms with Crippen molar-refractivity contribution >= 4 is 23.3 Å². The number of nitrogens with zero attached hydrogens (tertiary/aromatic N) is 1. The van der Waals surface area contributed by atoms with E-state index < -0.39 is 6.09 Å². The van der Waals surface area contributed by atoms with Crippen molar-refractivity contribution < 1.29 is 9.53 Å². The SMILES string of the molecule is CCC(=S)N(C)C(=O)Oc1ccccc1. The summed E-state index contributed by atoms with van der Waals surface area (Å²) in [6.07, 6.45) is 0.198. The molecule has 3 nitrogen and oxygen atoms in total. The molecule has 0 N–H and O–H groups in total. The number of thiocarbonyl (C=S) groups is 1. The Bertz CT molecular complexity index is 351. The Kier molecular flexibility index (Phi) is 4.24. The van der Waals surface area contributed by atoms with Gasteiger partial charge in [0, 0.05) is 7.05 Å². The third kappa shape index (κ3) is 3.32. The Balaban J connectivity index is 2.60. The van der Waals surface area contributed by atoms with E-state index in [2.05, 4.69) is 0 Å². The summed E-state index contributed by atoms with van der Waals surface area (Å²) in [5, 5.41) is 0. The second-order valence-corrected chi connectivity index (χ2v) is 3.46. The van der Waals surface area contributed by atoms with Crippen LogP contribution in [0.2, 0.25) is 0 Å². The number of hydrogen-bond acceptors (Lipinski definition) is 3. The fourth-order valence-corrected chi connectivity index (χ4v) is 1.07. The van der Waals surface area contributed by atoms with Gasteiger partial charge in [-0.2, -0.15) is 0 Å². The molecule has 0 aliphatic rings. The van der Waals surface area contributed by atoms with E-state index in [4.69, 9.17) is 17.0 Å². The van der Waals surface area contributed by atoms with Crippen molar-refractivity contribution in [2.24, 2.45) is 0 Å². The van der Waals surface area contributed by atoms with Crippen LogP contribution in [0.1, 0.15) is 13.3 Å². The quantitative estimate of drug-likeness (QED) is 0.722. The summed E-state index contributed by atoms with van der Waals surface area (Å²) < 4.78 is 5.10. The number of para-hydroxylation sites is 1. The minimum absolute atomic E-state index is 0.451. The molecule has 0 unspecified atom stereocenters. The minimum Gasteiger partial charge on any atom is -0.410 e. The first-order valence-electron chi connectivity index (χ1n) is 4.68. The lowest BCUT2D eigenvalue weighted by Gasteiger charge is -2.16. The molecule has 80 valence electrons. The molecular formula is C11H13NO2S. The summed E-state index contributed by atoms with van der Waals surface area (Å²) in [6.45, 7) is 1.90. The number of ether oxygens (including phenoxy) is 1. The second-order valence-electron chi connectivity index (χ2n) is 2.99. The standard InChI is InChI=1S/C11H13NO2S/c1-3-10(15)12(2)11(13)14-9-7-5-4-6-8-9/h4-8H,3H2,1-2H3. The molecule has 0 fully saturated rings. The van der Waals surface area contributed by atoms with Crippen LogP contribution in [0, 0.1) is 0 Å². The van der Waals surface area contributed by atoms with Crippen LogP contribution < -0.4 is 4.74 Å². The van der Waals surface area contributed by atoms with Crippen molar-refractivity contribution in [3.05, 3.63) is 30.3 Å². The molecule has 0 radical (unpaired) electrons. The van der Waals surface area contributed by atoms with Gasteiger partial charge in [0.25, 0.3) is 0 Å². The van der Waals surface area contributed by atoms with Gasteiger partial charge in [0.05, 0.1) is 4.99 Å². The summed E-state index contributed by atoms with van der Waals surface area (Å²) >= 11 is 5.00. The van der Waals surface area contributed by atoms with Gasteiger partial charge in [-0.3, -0.25) is 4.90 Å². The summed E-state index contributed by atoms with van der Waals surface area (Å²) in [5.41, 5.74) is 0. The lowest BCUT2D eigenvalue weighted by atomic mass is 10.3. The van der Waals surface area contributed by atoms with Gasteiger partial charge in [0.15, 0.2) is 0 Å². The van der Waals surface area contributed by atoms with Gasteiger partial charge in [-0.05, 0) is 18.6 Å². The maximum Gasteiger partial charge on any atom is 0.419 e. The molecule has 0 bridgehead atoms. The molecule has 0 spiro atoms. The van der Waals surface area contributed by atoms with Crippen molar-refractivity contribution in [3.63, 3.8) is 0 Å². The Morgan fingerprint density at radius 3 is 2.53 bits per heavy atom. The average Bonchev–Trinajstić information content (AvgIpc) is 2.28. The largest absolute Gasteiger partial charge is 0.419 e. The molecule has 0 saturated carbocycles. The van der Waals surface area contributed by atoms with Gasteiger partial charge in [0.2, 0.25) is 0 Å². The van der Waals surface area contributed by atoms with Gasteiger partial charge < -0.3 is 4.74 Å². The highest BCUT2D eigenvalue weighted by Gasteiger charge is 2.13. The zero-order valence-corrected chi connectivity index (χ0v) is 9.58. The predicted molar refractivity (Wildman–Crippen MR) is 63.1 cm³/mol. The molecule has 0 aromatic heterocycles. The lowest BCUT2D eigenvalue weighted by Crippen LogP contribution is -2.33. The van der Waals surface area contributed by atoms with Crippen LogP contribution in [0.3, 0.4) is 0 Å². The van der Waals surface area contributed by atoms with E-state index in [1.165, 1.54) is 4.90 Å². The average molecular weight is 223 g/mol. The highest BCUT2D eigenvalue weighted by atomic mass is 32.1. The first-order chi connectivity index (χ1) is 7.15. The number of benzene rings is 1. The van der Waals surface area contributed by atoms with Gasteiger partial charge in [0.1, 0.15) is 5.75 Å². The first kappa shape index (κ1) is 11.7. The zero-order chi connectivity index (χ0) is 11.3. The topological polar surface area (TPSA) is 29.5 Å². The molecule has 15 heavy (non-hydrogen) atoms. The molecule has 1 amide bonds. The number of carbonyl (C=O) groups is 1. The van der Waals surface area contributed by atoms with Crippen LogP contribution in [0.15, 0.2) is 30.3 Å². The lowest BCUT2D eigenvalue weighted by molar-refractivity contribution is 0.182. The fourth-order valence-electron chi connectivity index (χ4n) is 0.997. The first-order valence-corrected chi connectivity index (χ1v) is 5.09. The highest BCUT2D eigenvalue weighted by molar-refractivity contribution is 7.80. The third-order valence-electron chi connectivity index (χ3n) is 1.90. The molecule has 0 aliphatic carbocycles. The van der Waals surface area contributed by atoms with Crippen LogP contribution in [0.4, 0.5) is 4.79 Å². The molecule has 0 heterocycles. The van der Waals surface area contributed by atoms with Gasteiger partial charge >= 0.3 is 6.09 Å². The van der Waals surface area contributed by atoms with E-state index in [1.54, 1.807) is 31.3 Å². The van der Waals surface area contributed by atoms with E-state index in [0.29, 0.717) is 17.2 Å². The fraction of sp³-hybridized carbons (Fsp3) is 0.273. The summed E-state index contributed by atoms with van der Waals surface area (Å²) in [5.74, 6) is 0.522. The van der Waals surface area contributed by atoms with Gasteiger partial charge in [-0.25, -0.2) is 4.79 Å². The number of hydrogen-bond donors (Lipinski definition) is 0. The second kappa shape index (κ2) is 5.46. The number of rotatable bonds is 2. The van der Waals surface area contributed by atoms with Crippen LogP contribution >= 0.6 is 12.2 Å².